The van der Waals surface area contributed by atoms with Crippen molar-refractivity contribution in [2.24, 2.45) is 0 Å². The second-order valence-electron chi connectivity index (χ2n) is 7.72. The number of carbonyl (C=O) groups is 1. The predicted molar refractivity (Wildman–Crippen MR) is 91.5 cm³/mol. The van der Waals surface area contributed by atoms with E-state index in [9.17, 15) is 18.0 Å². The number of piperazine rings is 1. The Balaban J connectivity index is 1.80. The van der Waals surface area contributed by atoms with Crippen LogP contribution in [0.3, 0.4) is 0 Å². The molecular formula is C17H23F3N4O2. The average Bonchev–Trinajstić information content (AvgIpc) is 2.51. The number of alkyl halides is 3. The van der Waals surface area contributed by atoms with E-state index >= 15 is 0 Å². The molecule has 1 atom stereocenters. The number of anilines is 2. The van der Waals surface area contributed by atoms with Gasteiger partial charge >= 0.3 is 12.3 Å². The number of fused-ring (bicyclic) bond motifs is 3. The van der Waals surface area contributed by atoms with Crippen molar-refractivity contribution in [2.45, 2.75) is 38.6 Å². The second kappa shape index (κ2) is 6.21. The lowest BCUT2D eigenvalue weighted by Crippen LogP contribution is -2.61. The summed E-state index contributed by atoms with van der Waals surface area (Å²) in [6.45, 7) is 7.34. The fourth-order valence-corrected chi connectivity index (χ4v) is 3.30. The smallest absolute Gasteiger partial charge is 0.417 e. The standard InChI is InChI=1S/C17H23F3N4O2/c1-16(2,3)26-15(25)23-5-6-24-12(10-23)9-22(4)13-7-11(17(18,19)20)8-21-14(13)24/h7-8,12H,5-6,9-10H2,1-4H3/t12-/m0/s1. The fraction of sp³-hybridized carbons (Fsp3) is 0.647. The van der Waals surface area contributed by atoms with E-state index in [-0.39, 0.29) is 12.1 Å². The average molecular weight is 372 g/mol. The van der Waals surface area contributed by atoms with Gasteiger partial charge < -0.3 is 19.4 Å². The van der Waals surface area contributed by atoms with E-state index in [0.717, 1.165) is 12.3 Å². The minimum absolute atomic E-state index is 0.0435. The van der Waals surface area contributed by atoms with Crippen LogP contribution in [0.1, 0.15) is 26.3 Å². The highest BCUT2D eigenvalue weighted by atomic mass is 19.4. The van der Waals surface area contributed by atoms with Gasteiger partial charge in [0.25, 0.3) is 0 Å². The van der Waals surface area contributed by atoms with Crippen molar-refractivity contribution in [3.05, 3.63) is 17.8 Å². The molecule has 0 unspecified atom stereocenters. The molecule has 2 aliphatic heterocycles. The summed E-state index contributed by atoms with van der Waals surface area (Å²) in [5.74, 6) is 0.528. The van der Waals surface area contributed by atoms with E-state index in [1.165, 1.54) is 0 Å². The molecule has 26 heavy (non-hydrogen) atoms. The highest BCUT2D eigenvalue weighted by molar-refractivity contribution is 5.73. The zero-order valence-corrected chi connectivity index (χ0v) is 15.3. The third-order valence-electron chi connectivity index (χ3n) is 4.48. The maximum atomic E-state index is 13.0. The summed E-state index contributed by atoms with van der Waals surface area (Å²) >= 11 is 0. The number of aromatic nitrogens is 1. The molecule has 0 bridgehead atoms. The Morgan fingerprint density at radius 1 is 1.23 bits per heavy atom. The highest BCUT2D eigenvalue weighted by Crippen LogP contribution is 2.38. The van der Waals surface area contributed by atoms with E-state index < -0.39 is 17.3 Å². The van der Waals surface area contributed by atoms with Crippen LogP contribution in [0.4, 0.5) is 29.5 Å². The summed E-state index contributed by atoms with van der Waals surface area (Å²) in [5, 5.41) is 0. The summed E-state index contributed by atoms with van der Waals surface area (Å²) in [7, 11) is 1.74. The summed E-state index contributed by atoms with van der Waals surface area (Å²) < 4.78 is 44.3. The lowest BCUT2D eigenvalue weighted by Gasteiger charge is -2.47. The largest absolute Gasteiger partial charge is 0.444 e. The Morgan fingerprint density at radius 3 is 2.54 bits per heavy atom. The quantitative estimate of drug-likeness (QED) is 0.701. The molecule has 1 saturated heterocycles. The van der Waals surface area contributed by atoms with Gasteiger partial charge in [-0.1, -0.05) is 0 Å². The van der Waals surface area contributed by atoms with E-state index in [1.807, 2.05) is 25.7 Å². The molecule has 9 heteroatoms. The van der Waals surface area contributed by atoms with Crippen molar-refractivity contribution >= 4 is 17.6 Å². The molecule has 2 aliphatic rings. The van der Waals surface area contributed by atoms with Crippen LogP contribution in [-0.2, 0) is 10.9 Å². The van der Waals surface area contributed by atoms with Crippen LogP contribution in [0.15, 0.2) is 12.3 Å². The molecule has 144 valence electrons. The van der Waals surface area contributed by atoms with Gasteiger partial charge in [-0.2, -0.15) is 13.2 Å². The first kappa shape index (κ1) is 18.6. The Kier molecular flexibility index (Phi) is 4.44. The third kappa shape index (κ3) is 3.66. The number of ether oxygens (including phenoxy) is 1. The second-order valence-corrected chi connectivity index (χ2v) is 7.72. The molecule has 3 heterocycles. The molecule has 0 spiro atoms. The van der Waals surface area contributed by atoms with Crippen LogP contribution in [0, 0.1) is 0 Å². The van der Waals surface area contributed by atoms with Crippen LogP contribution < -0.4 is 9.80 Å². The number of pyridine rings is 1. The Morgan fingerprint density at radius 2 is 1.92 bits per heavy atom. The molecule has 1 aromatic heterocycles. The van der Waals surface area contributed by atoms with Gasteiger partial charge in [0.05, 0.1) is 17.3 Å². The summed E-state index contributed by atoms with van der Waals surface area (Å²) in [4.78, 5) is 21.8. The van der Waals surface area contributed by atoms with Crippen LogP contribution in [0.25, 0.3) is 0 Å². The van der Waals surface area contributed by atoms with Gasteiger partial charge in [0.1, 0.15) is 5.60 Å². The molecule has 1 amide bonds. The highest BCUT2D eigenvalue weighted by Gasteiger charge is 2.39. The van der Waals surface area contributed by atoms with E-state index in [2.05, 4.69) is 4.98 Å². The van der Waals surface area contributed by atoms with Crippen molar-refractivity contribution < 1.29 is 22.7 Å². The summed E-state index contributed by atoms with van der Waals surface area (Å²) in [5.41, 5.74) is -0.865. The van der Waals surface area contributed by atoms with Crippen molar-refractivity contribution in [1.82, 2.24) is 9.88 Å². The van der Waals surface area contributed by atoms with Crippen molar-refractivity contribution in [3.63, 3.8) is 0 Å². The van der Waals surface area contributed by atoms with Crippen molar-refractivity contribution in [1.29, 1.82) is 0 Å². The number of hydrogen-bond donors (Lipinski definition) is 0. The number of halogens is 3. The summed E-state index contributed by atoms with van der Waals surface area (Å²) in [6, 6.07) is 1.09. The molecule has 0 aliphatic carbocycles. The normalized spacial score (nSPS) is 20.6. The maximum absolute atomic E-state index is 13.0. The molecule has 3 rings (SSSR count). The van der Waals surface area contributed by atoms with E-state index in [0.29, 0.717) is 37.7 Å². The number of nitrogens with zero attached hydrogens (tertiary/aromatic N) is 4. The first-order chi connectivity index (χ1) is 12.0. The molecule has 0 radical (unpaired) electrons. The van der Waals surface area contributed by atoms with Crippen molar-refractivity contribution in [2.75, 3.05) is 43.0 Å². The third-order valence-corrected chi connectivity index (χ3v) is 4.48. The minimum Gasteiger partial charge on any atom is -0.444 e. The zero-order chi connectivity index (χ0) is 19.3. The zero-order valence-electron chi connectivity index (χ0n) is 15.3. The van der Waals surface area contributed by atoms with E-state index in [4.69, 9.17) is 4.74 Å². The molecule has 0 N–H and O–H groups in total. The molecule has 0 aromatic carbocycles. The number of likely N-dealkylation sites (N-methyl/N-ethyl adjacent to an activating group) is 1. The minimum atomic E-state index is -4.42. The first-order valence-electron chi connectivity index (χ1n) is 8.48. The lowest BCUT2D eigenvalue weighted by molar-refractivity contribution is -0.137. The van der Waals surface area contributed by atoms with Crippen LogP contribution in [0.2, 0.25) is 0 Å². The molecular weight excluding hydrogens is 349 g/mol. The molecule has 1 fully saturated rings. The van der Waals surface area contributed by atoms with Gasteiger partial charge in [0, 0.05) is 39.4 Å². The topological polar surface area (TPSA) is 48.9 Å². The van der Waals surface area contributed by atoms with Gasteiger partial charge in [-0.3, -0.25) is 0 Å². The Hall–Kier alpha value is -2.19. The first-order valence-corrected chi connectivity index (χ1v) is 8.48. The van der Waals surface area contributed by atoms with Gasteiger partial charge in [-0.25, -0.2) is 9.78 Å². The monoisotopic (exact) mass is 372 g/mol. The number of hydrogen-bond acceptors (Lipinski definition) is 5. The van der Waals surface area contributed by atoms with Gasteiger partial charge in [-0.05, 0) is 26.8 Å². The number of carbonyl (C=O) groups excluding carboxylic acids is 1. The number of amides is 1. The van der Waals surface area contributed by atoms with Crippen LogP contribution >= 0.6 is 0 Å². The Labute approximate surface area is 150 Å². The van der Waals surface area contributed by atoms with Crippen LogP contribution in [0.5, 0.6) is 0 Å². The van der Waals surface area contributed by atoms with E-state index in [1.54, 1.807) is 16.8 Å². The van der Waals surface area contributed by atoms with Gasteiger partial charge in [0.15, 0.2) is 5.82 Å². The lowest BCUT2D eigenvalue weighted by atomic mass is 10.1. The molecule has 0 saturated carbocycles. The van der Waals surface area contributed by atoms with Crippen LogP contribution in [-0.4, -0.2) is 60.8 Å². The van der Waals surface area contributed by atoms with Gasteiger partial charge in [0.2, 0.25) is 0 Å². The van der Waals surface area contributed by atoms with Gasteiger partial charge in [-0.15, -0.1) is 0 Å². The molecule has 1 aromatic rings. The molecule has 6 nitrogen and oxygen atoms in total. The predicted octanol–water partition coefficient (Wildman–Crippen LogP) is 2.98. The number of rotatable bonds is 0. The maximum Gasteiger partial charge on any atom is 0.417 e. The Bertz CT molecular complexity index is 702. The van der Waals surface area contributed by atoms with Crippen molar-refractivity contribution in [3.8, 4) is 0 Å². The SMILES string of the molecule is CN1C[C@H]2CN(C(=O)OC(C)(C)C)CCN2c2ncc(C(F)(F)F)cc21. The fourth-order valence-electron chi connectivity index (χ4n) is 3.30. The summed E-state index contributed by atoms with van der Waals surface area (Å²) in [6.07, 6.45) is -3.92.